The molecule has 34 heteroatoms. The van der Waals surface area contributed by atoms with Gasteiger partial charge in [-0.2, -0.15) is 0 Å². The summed E-state index contributed by atoms with van der Waals surface area (Å²) >= 11 is 0. The van der Waals surface area contributed by atoms with Crippen LogP contribution in [0.2, 0.25) is 0 Å². The summed E-state index contributed by atoms with van der Waals surface area (Å²) in [5, 5.41) is 84.4. The van der Waals surface area contributed by atoms with Crippen LogP contribution in [0.4, 0.5) is 5.69 Å². The van der Waals surface area contributed by atoms with Crippen LogP contribution in [0.15, 0.2) is 48.5 Å². The van der Waals surface area contributed by atoms with Crippen molar-refractivity contribution in [1.29, 1.82) is 0 Å². The molecule has 4 amide bonds. The molecule has 33 nitrogen and oxygen atoms in total. The van der Waals surface area contributed by atoms with Crippen molar-refractivity contribution in [3.63, 3.8) is 0 Å². The summed E-state index contributed by atoms with van der Waals surface area (Å²) < 4.78 is 18.8. The van der Waals surface area contributed by atoms with E-state index >= 15 is 0 Å². The van der Waals surface area contributed by atoms with Crippen molar-refractivity contribution < 1.29 is 102 Å². The molecule has 3 aromatic rings. The second-order valence-corrected chi connectivity index (χ2v) is 22.5. The number of hydrogen-bond donors (Lipinski definition) is 12. The molecule has 2 unspecified atom stereocenters. The van der Waals surface area contributed by atoms with Crippen LogP contribution in [0.25, 0.3) is 22.5 Å². The highest BCUT2D eigenvalue weighted by Gasteiger charge is 2.33. The van der Waals surface area contributed by atoms with E-state index in [2.05, 4.69) is 26.3 Å². The molecular weight excluding hydrogens is 1180 g/mol. The Hall–Kier alpha value is -8.30. The van der Waals surface area contributed by atoms with E-state index in [0.29, 0.717) is 35.6 Å². The maximum Gasteiger partial charge on any atom is 0.403 e. The van der Waals surface area contributed by atoms with Gasteiger partial charge in [0.05, 0.1) is 50.7 Å². The molecule has 0 aliphatic carbocycles. The molecular formula is C54H75N12O21P. The van der Waals surface area contributed by atoms with Crippen molar-refractivity contribution in [3.05, 3.63) is 54.1 Å². The van der Waals surface area contributed by atoms with E-state index in [0.717, 1.165) is 11.1 Å². The lowest BCUT2D eigenvalue weighted by atomic mass is 9.95. The highest BCUT2D eigenvalue weighted by Crippen LogP contribution is 2.41. The first-order valence-corrected chi connectivity index (χ1v) is 29.8. The summed E-state index contributed by atoms with van der Waals surface area (Å²) in [7, 11) is -4.90. The molecule has 88 heavy (non-hydrogen) atoms. The van der Waals surface area contributed by atoms with E-state index in [1.807, 2.05) is 35.2 Å². The second kappa shape index (κ2) is 34.9. The Morgan fingerprint density at radius 1 is 0.545 bits per heavy atom. The number of nitrogens with zero attached hydrogens (tertiary/aromatic N) is 8. The molecule has 0 bridgehead atoms. The minimum Gasteiger partial charge on any atom is -0.481 e. The molecule has 5 rings (SSSR count). The number of para-hydroxylation sites is 1. The normalized spacial score (nSPS) is 16.2. The van der Waals surface area contributed by atoms with Crippen LogP contribution in [0.1, 0.15) is 69.8 Å². The SMILES string of the molecule is O=C(O)CCC(NP(=O)(O)OCC[C@H](NC(=O)CC[C@@H](NC(=O)CCCCC(=O)N1Cc2ccccc2-c2c(nnn2CCCNC(=O)CN2CCN(CC(=O)O)CCN(CC(=O)O)CCN(CC(=O)O)CC2)-c2ccccc21)C(=O)O)C(=O)O)C(=O)O. The van der Waals surface area contributed by atoms with Crippen molar-refractivity contribution >= 4 is 78.8 Å². The Labute approximate surface area is 504 Å². The minimum atomic E-state index is -4.90. The molecule has 3 heterocycles. The van der Waals surface area contributed by atoms with Crippen molar-refractivity contribution in [2.45, 2.75) is 95.4 Å². The number of nitrogens with one attached hydrogen (secondary N) is 4. The van der Waals surface area contributed by atoms with E-state index in [9.17, 15) is 92.8 Å². The lowest BCUT2D eigenvalue weighted by Crippen LogP contribution is -2.49. The van der Waals surface area contributed by atoms with Gasteiger partial charge in [-0.25, -0.2) is 23.9 Å². The number of aromatic nitrogens is 3. The lowest BCUT2D eigenvalue weighted by molar-refractivity contribution is -0.143. The Balaban J connectivity index is 1.13. The number of carbonyl (C=O) groups is 11. The third kappa shape index (κ3) is 23.8. The molecule has 1 saturated heterocycles. The first kappa shape index (κ1) is 70.5. The third-order valence-electron chi connectivity index (χ3n) is 14.2. The van der Waals surface area contributed by atoms with Gasteiger partial charge < -0.3 is 61.5 Å². The van der Waals surface area contributed by atoms with Crippen LogP contribution in [0, 0.1) is 0 Å². The first-order valence-electron chi connectivity index (χ1n) is 28.3. The summed E-state index contributed by atoms with van der Waals surface area (Å²) in [4.78, 5) is 153. The highest BCUT2D eigenvalue weighted by molar-refractivity contribution is 7.50. The highest BCUT2D eigenvalue weighted by atomic mass is 31.2. The van der Waals surface area contributed by atoms with Crippen LogP contribution in [-0.4, -0.2) is 250 Å². The summed E-state index contributed by atoms with van der Waals surface area (Å²) in [5.41, 5.74) is 3.85. The molecule has 0 radical (unpaired) electrons. The average molecular weight is 1260 g/mol. The Bertz CT molecular complexity index is 2990. The fourth-order valence-corrected chi connectivity index (χ4v) is 10.8. The minimum absolute atomic E-state index is 0.0193. The van der Waals surface area contributed by atoms with Crippen LogP contribution in [0.3, 0.4) is 0 Å². The van der Waals surface area contributed by atoms with Crippen LogP contribution in [0.5, 0.6) is 0 Å². The van der Waals surface area contributed by atoms with Crippen LogP contribution in [-0.2, 0) is 74.9 Å². The standard InChI is InChI=1S/C54H75N12O21P/c67-42(56-38(52(79)80)14-16-43(68)57-39(53(81)82)18-29-87-88(85,86)59-40(54(83)84)15-17-46(71)72)12-5-6-13-45(70)65-30-35-8-1-2-9-36(35)51-50(37-10-3-4-11-41(37)65)58-60-66(51)20-7-19-55-44(69)31-61-21-23-62(32-47(73)74)25-27-64(34-49(77)78)28-26-63(24-22-61)33-48(75)76/h1-4,8-11,38-40H,5-7,12-34H2,(H,55,69)(H,56,67)(H,57,68)(H,71,72)(H,73,74)(H,75,76)(H,77,78)(H,79,80)(H,81,82)(H,83,84)(H2,59,85,86)/t38-,39+,40?/m1/s1. The largest absolute Gasteiger partial charge is 0.481 e. The number of fused-ring (bicyclic) bond motifs is 5. The number of aryl methyl sites for hydroxylation is 1. The second-order valence-electron chi connectivity index (χ2n) is 20.9. The van der Waals surface area contributed by atoms with Gasteiger partial charge in [0, 0.05) is 109 Å². The number of carboxylic acids is 7. The summed E-state index contributed by atoms with van der Waals surface area (Å²) in [6.07, 6.45) is -2.32. The van der Waals surface area contributed by atoms with Gasteiger partial charge in [0.15, 0.2) is 0 Å². The summed E-state index contributed by atoms with van der Waals surface area (Å²) in [6.45, 7) is 0.935. The molecule has 12 N–H and O–H groups in total. The van der Waals surface area contributed by atoms with Gasteiger partial charge >= 0.3 is 49.5 Å². The topological polar surface area (TPSA) is 471 Å². The van der Waals surface area contributed by atoms with Crippen LogP contribution < -0.4 is 25.9 Å². The average Bonchev–Trinajstić information content (AvgIpc) is 2.34. The number of amides is 4. The van der Waals surface area contributed by atoms with Crippen LogP contribution >= 0.6 is 7.75 Å². The monoisotopic (exact) mass is 1260 g/mol. The first-order chi connectivity index (χ1) is 41.8. The predicted molar refractivity (Wildman–Crippen MR) is 307 cm³/mol. The molecule has 0 saturated carbocycles. The van der Waals surface area contributed by atoms with Gasteiger partial charge in [-0.15, -0.1) is 5.10 Å². The van der Waals surface area contributed by atoms with Gasteiger partial charge in [0.2, 0.25) is 23.6 Å². The number of unbranched alkanes of at least 4 members (excludes halogenated alkanes) is 1. The van der Waals surface area contributed by atoms with Gasteiger partial charge in [-0.1, -0.05) is 47.7 Å². The fraction of sp³-hybridized carbons (Fsp3) is 0.537. The molecule has 4 atom stereocenters. The van der Waals surface area contributed by atoms with E-state index in [1.165, 1.54) is 0 Å². The maximum absolute atomic E-state index is 14.2. The zero-order chi connectivity index (χ0) is 64.5. The molecule has 2 aliphatic heterocycles. The smallest absolute Gasteiger partial charge is 0.403 e. The number of hydrogen-bond acceptors (Lipinski definition) is 19. The van der Waals surface area contributed by atoms with Gasteiger partial charge in [0.1, 0.15) is 23.8 Å². The number of rotatable bonds is 34. The van der Waals surface area contributed by atoms with E-state index in [-0.39, 0.29) is 129 Å². The number of carboxylic acid groups (broad SMARTS) is 7. The zero-order valence-corrected chi connectivity index (χ0v) is 49.0. The third-order valence-corrected chi connectivity index (χ3v) is 15.4. The number of anilines is 1. The molecule has 0 spiro atoms. The molecule has 1 fully saturated rings. The van der Waals surface area contributed by atoms with Gasteiger partial charge in [0.25, 0.3) is 0 Å². The van der Waals surface area contributed by atoms with Crippen molar-refractivity contribution in [3.8, 4) is 22.5 Å². The van der Waals surface area contributed by atoms with Gasteiger partial charge in [-0.3, -0.25) is 67.3 Å². The number of aliphatic carboxylic acids is 7. The maximum atomic E-state index is 14.2. The molecule has 1 aromatic heterocycles. The number of benzene rings is 2. The Morgan fingerprint density at radius 2 is 1.03 bits per heavy atom. The summed E-state index contributed by atoms with van der Waals surface area (Å²) in [6, 6.07) is 9.52. The molecule has 2 aromatic carbocycles. The van der Waals surface area contributed by atoms with Gasteiger partial charge in [-0.05, 0) is 43.7 Å². The van der Waals surface area contributed by atoms with E-state index in [1.54, 1.807) is 47.6 Å². The Morgan fingerprint density at radius 3 is 1.58 bits per heavy atom. The zero-order valence-electron chi connectivity index (χ0n) is 48.1. The lowest BCUT2D eigenvalue weighted by Gasteiger charge is -2.32. The molecule has 2 aliphatic rings. The number of carbonyl (C=O) groups excluding carboxylic acids is 4. The predicted octanol–water partition coefficient (Wildman–Crippen LogP) is -0.666. The van der Waals surface area contributed by atoms with E-state index < -0.39 is 118 Å². The molecule has 482 valence electrons. The Kier molecular flexibility index (Phi) is 27.9. The van der Waals surface area contributed by atoms with Crippen molar-refractivity contribution in [2.24, 2.45) is 0 Å². The van der Waals surface area contributed by atoms with Crippen molar-refractivity contribution in [2.75, 3.05) is 96.6 Å². The fourth-order valence-electron chi connectivity index (χ4n) is 9.75. The van der Waals surface area contributed by atoms with Crippen molar-refractivity contribution in [1.82, 2.24) is 55.6 Å². The summed E-state index contributed by atoms with van der Waals surface area (Å²) in [5.74, 6) is -11.6. The van der Waals surface area contributed by atoms with E-state index in [4.69, 9.17) is 9.63 Å². The quantitative estimate of drug-likeness (QED) is 0.0261.